The van der Waals surface area contributed by atoms with Gasteiger partial charge in [-0.1, -0.05) is 39.5 Å². The Balaban J connectivity index is 2.32. The summed E-state index contributed by atoms with van der Waals surface area (Å²) in [5.74, 6) is -0.622. The minimum atomic E-state index is -5.00. The molecular formula is C28H39NO6S2. The number of aliphatic carboxylic acids is 1. The van der Waals surface area contributed by atoms with Crippen LogP contribution in [-0.4, -0.2) is 45.5 Å². The number of fused-ring (bicyclic) bond motifs is 1. The quantitative estimate of drug-likeness (QED) is 0.164. The highest BCUT2D eigenvalue weighted by atomic mass is 32.3. The largest absolute Gasteiger partial charge is 0.497 e. The average molecular weight is 550 g/mol. The lowest BCUT2D eigenvalue weighted by atomic mass is 9.79. The molecule has 204 valence electrons. The maximum atomic E-state index is 14.9. The lowest BCUT2D eigenvalue weighted by molar-refractivity contribution is -0.131. The lowest BCUT2D eigenvalue weighted by Gasteiger charge is -2.43. The van der Waals surface area contributed by atoms with Gasteiger partial charge in [-0.2, -0.15) is 0 Å². The Morgan fingerprint density at radius 3 is 2.32 bits per heavy atom. The van der Waals surface area contributed by atoms with Crippen LogP contribution < -0.4 is 9.64 Å². The predicted octanol–water partition coefficient (Wildman–Crippen LogP) is 7.12. The van der Waals surface area contributed by atoms with E-state index in [2.05, 4.69) is 18.7 Å². The Morgan fingerprint density at radius 1 is 1.14 bits per heavy atom. The third kappa shape index (κ3) is 6.69. The third-order valence-corrected chi connectivity index (χ3v) is 10.5. The summed E-state index contributed by atoms with van der Waals surface area (Å²) in [6.07, 6.45) is 8.80. The van der Waals surface area contributed by atoms with Crippen LogP contribution in [0.4, 0.5) is 11.4 Å². The molecule has 3 rings (SSSR count). The monoisotopic (exact) mass is 549 g/mol. The number of anilines is 2. The first kappa shape index (κ1) is 29.1. The fourth-order valence-corrected chi connectivity index (χ4v) is 8.49. The van der Waals surface area contributed by atoms with Gasteiger partial charge in [0.2, 0.25) is 0 Å². The first-order valence-corrected chi connectivity index (χ1v) is 15.9. The summed E-state index contributed by atoms with van der Waals surface area (Å²) < 4.78 is 38.1. The molecule has 37 heavy (non-hydrogen) atoms. The molecule has 0 atom stereocenters. The molecule has 0 bridgehead atoms. The number of thioether (sulfide) groups is 1. The summed E-state index contributed by atoms with van der Waals surface area (Å²) in [5, 5.41) is 9.14. The van der Waals surface area contributed by atoms with Crippen molar-refractivity contribution in [2.45, 2.75) is 62.2 Å². The van der Waals surface area contributed by atoms with Crippen molar-refractivity contribution in [3.8, 4) is 5.75 Å². The predicted molar refractivity (Wildman–Crippen MR) is 151 cm³/mol. The molecule has 0 fully saturated rings. The van der Waals surface area contributed by atoms with Crippen LogP contribution in [0.2, 0.25) is 0 Å². The van der Waals surface area contributed by atoms with Crippen LogP contribution in [0.25, 0.3) is 0 Å². The number of nitrogens with zero attached hydrogens (tertiary/aromatic N) is 1. The van der Waals surface area contributed by atoms with Gasteiger partial charge in [-0.25, -0.2) is 9.00 Å². The number of hydrogen-bond acceptors (Lipinski definition) is 6. The van der Waals surface area contributed by atoms with Gasteiger partial charge in [0.25, 0.3) is 0 Å². The van der Waals surface area contributed by atoms with Crippen molar-refractivity contribution < 1.29 is 27.6 Å². The molecule has 2 aromatic carbocycles. The Hall–Kier alpha value is -2.49. The van der Waals surface area contributed by atoms with Gasteiger partial charge in [-0.15, -0.1) is 11.8 Å². The zero-order valence-corrected chi connectivity index (χ0v) is 23.8. The number of rotatable bonds is 12. The van der Waals surface area contributed by atoms with Crippen LogP contribution in [0.15, 0.2) is 64.6 Å². The van der Waals surface area contributed by atoms with E-state index in [1.54, 1.807) is 24.9 Å². The first-order chi connectivity index (χ1) is 17.6. The van der Waals surface area contributed by atoms with Gasteiger partial charge in [0.1, 0.15) is 21.6 Å². The van der Waals surface area contributed by atoms with E-state index in [-0.39, 0.29) is 10.6 Å². The normalized spacial score (nSPS) is 18.8. The molecule has 1 aliphatic heterocycles. The van der Waals surface area contributed by atoms with Crippen LogP contribution in [0, 0.1) is 5.41 Å². The Morgan fingerprint density at radius 2 is 1.78 bits per heavy atom. The molecule has 1 heterocycles. The maximum Gasteiger partial charge on any atom is 0.331 e. The highest BCUT2D eigenvalue weighted by Gasteiger charge is 2.51. The second-order valence-corrected chi connectivity index (χ2v) is 13.5. The van der Waals surface area contributed by atoms with E-state index in [9.17, 15) is 13.6 Å². The van der Waals surface area contributed by atoms with Gasteiger partial charge in [0.15, 0.2) is 0 Å². The van der Waals surface area contributed by atoms with Crippen LogP contribution in [0.5, 0.6) is 5.75 Å². The van der Waals surface area contributed by atoms with Crippen LogP contribution >= 0.6 is 11.8 Å². The topological polar surface area (TPSA) is 96.3 Å². The van der Waals surface area contributed by atoms with E-state index in [0.29, 0.717) is 12.2 Å². The number of methoxy groups -OCH3 is 1. The number of carboxylic acids is 1. The van der Waals surface area contributed by atoms with Crippen molar-refractivity contribution in [2.24, 2.45) is 5.41 Å². The zero-order chi connectivity index (χ0) is 27.1. The molecule has 0 amide bonds. The molecule has 0 radical (unpaired) electrons. The second kappa shape index (κ2) is 11.9. The van der Waals surface area contributed by atoms with Crippen molar-refractivity contribution in [2.75, 3.05) is 30.6 Å². The van der Waals surface area contributed by atoms with Gasteiger partial charge >= 0.3 is 5.97 Å². The van der Waals surface area contributed by atoms with Crippen molar-refractivity contribution in [1.29, 1.82) is 0 Å². The van der Waals surface area contributed by atoms with Gasteiger partial charge in [0, 0.05) is 22.5 Å². The van der Waals surface area contributed by atoms with Gasteiger partial charge in [-0.3, -0.25) is 4.55 Å². The molecule has 0 saturated heterocycles. The first-order valence-electron chi connectivity index (χ1n) is 12.7. The van der Waals surface area contributed by atoms with E-state index in [4.69, 9.17) is 14.0 Å². The summed E-state index contributed by atoms with van der Waals surface area (Å²) in [4.78, 5) is 14.4. The Kier molecular flexibility index (Phi) is 9.37. The summed E-state index contributed by atoms with van der Waals surface area (Å²) in [7, 11) is -3.38. The van der Waals surface area contributed by atoms with Crippen molar-refractivity contribution in [1.82, 2.24) is 0 Å². The molecule has 0 saturated carbocycles. The molecule has 0 unspecified atom stereocenters. The van der Waals surface area contributed by atoms with E-state index in [0.717, 1.165) is 67.2 Å². The fourth-order valence-electron chi connectivity index (χ4n) is 5.07. The Labute approximate surface area is 224 Å². The van der Waals surface area contributed by atoms with Crippen LogP contribution in [0.1, 0.15) is 52.4 Å². The van der Waals surface area contributed by atoms with Crippen molar-refractivity contribution in [3.05, 3.63) is 54.8 Å². The summed E-state index contributed by atoms with van der Waals surface area (Å²) in [6.45, 7) is 4.77. The van der Waals surface area contributed by atoms with Crippen LogP contribution in [0.3, 0.4) is 0 Å². The van der Waals surface area contributed by atoms with Crippen molar-refractivity contribution in [3.63, 3.8) is 0 Å². The highest BCUT2D eigenvalue weighted by Crippen LogP contribution is 2.53. The Bertz CT molecular complexity index is 1170. The summed E-state index contributed by atoms with van der Waals surface area (Å²) in [5.41, 5.74) is 0.936. The molecule has 2 N–H and O–H groups in total. The molecule has 7 nitrogen and oxygen atoms in total. The van der Waals surface area contributed by atoms with Gasteiger partial charge in [-0.05, 0) is 61.6 Å². The number of hydrogen-bond donors (Lipinski definition) is 2. The molecule has 2 aromatic rings. The second-order valence-electron chi connectivity index (χ2n) is 9.69. The standard InChI is InChI=1S/C28H39NO6S2/c1-5-7-16-28(17-8-6-2)20-29(22-9-11-23(34-3)12-10-22)25-19-24(36-4)13-14-26(25)37(32,33,21-28)35-18-15-27(30)31/h9-15,18-19H,5-8,16-17,20-21H2,1-4H3,(H,30,31)(H,32,33)/b18-15-. The number of ether oxygens (including phenoxy) is 1. The van der Waals surface area contributed by atoms with E-state index < -0.39 is 21.0 Å². The maximum absolute atomic E-state index is 14.9. The van der Waals surface area contributed by atoms with Crippen LogP contribution in [-0.2, 0) is 18.6 Å². The minimum absolute atomic E-state index is 0.105. The molecule has 0 aromatic heterocycles. The third-order valence-electron chi connectivity index (χ3n) is 6.91. The number of carboxylic acid groups (broad SMARTS) is 1. The average Bonchev–Trinajstić information content (AvgIpc) is 2.97. The summed E-state index contributed by atoms with van der Waals surface area (Å²) in [6, 6.07) is 13.1. The van der Waals surface area contributed by atoms with Gasteiger partial charge < -0.3 is 18.9 Å². The fraction of sp³-hybridized carbons (Fsp3) is 0.464. The smallest absolute Gasteiger partial charge is 0.331 e. The zero-order valence-electron chi connectivity index (χ0n) is 22.1. The van der Waals surface area contributed by atoms with Crippen molar-refractivity contribution >= 4 is 38.7 Å². The lowest BCUT2D eigenvalue weighted by Crippen LogP contribution is -2.47. The molecule has 0 spiro atoms. The highest BCUT2D eigenvalue weighted by molar-refractivity contribution is 8.11. The molecular weight excluding hydrogens is 510 g/mol. The molecule has 1 aliphatic rings. The number of unbranched alkanes of at least 4 members (excludes halogenated alkanes) is 2. The number of carbonyl (C=O) groups is 1. The SMILES string of the molecule is CCCCC1(CCCC)CN(c2ccc(OC)cc2)c2cc(SC)ccc2S(=O)(O)(O/C=C\C(=O)O)C1. The molecule has 0 aliphatic carbocycles. The number of benzene rings is 2. The van der Waals surface area contributed by atoms with E-state index in [1.165, 1.54) is 0 Å². The minimum Gasteiger partial charge on any atom is -0.497 e. The van der Waals surface area contributed by atoms with Gasteiger partial charge in [0.05, 0.1) is 29.5 Å². The van der Waals surface area contributed by atoms with E-state index in [1.807, 2.05) is 42.7 Å². The molecule has 9 heteroatoms. The van der Waals surface area contributed by atoms with E-state index >= 15 is 0 Å². The summed E-state index contributed by atoms with van der Waals surface area (Å²) >= 11 is 1.55.